The van der Waals surface area contributed by atoms with Crippen LogP contribution >= 0.6 is 0 Å². The molecule has 0 aliphatic heterocycles. The number of amides is 2. The second-order valence-electron chi connectivity index (χ2n) is 8.28. The number of nitrogens with two attached hydrogens (primary N) is 1. The second-order valence-corrected chi connectivity index (χ2v) is 8.28. The van der Waals surface area contributed by atoms with Crippen LogP contribution in [0.5, 0.6) is 23.0 Å². The number of benzene rings is 2. The number of nitro benzene ring substituents is 2. The van der Waals surface area contributed by atoms with Gasteiger partial charge in [0.15, 0.2) is 0 Å². The predicted octanol–water partition coefficient (Wildman–Crippen LogP) is 3.91. The summed E-state index contributed by atoms with van der Waals surface area (Å²) in [5.41, 5.74) is 5.98. The maximum Gasteiger partial charge on any atom is 0.296 e. The number of ether oxygens (including phenoxy) is 2. The van der Waals surface area contributed by atoms with Gasteiger partial charge in [0.1, 0.15) is 45.8 Å². The lowest BCUT2D eigenvalue weighted by atomic mass is 10.2. The Bertz CT molecular complexity index is 1660. The van der Waals surface area contributed by atoms with E-state index in [1.807, 2.05) is 0 Å². The summed E-state index contributed by atoms with van der Waals surface area (Å²) in [5, 5.41) is 29.5. The summed E-state index contributed by atoms with van der Waals surface area (Å²) in [6.07, 6.45) is 2.84. The number of anilines is 2. The molecule has 2 heterocycles. The van der Waals surface area contributed by atoms with Gasteiger partial charge in [-0.2, -0.15) is 0 Å². The molecule has 43 heavy (non-hydrogen) atoms. The number of nitrogens with one attached hydrogen (secondary N) is 3. The van der Waals surface area contributed by atoms with Crippen LogP contribution in [0.15, 0.2) is 73.1 Å². The maximum absolute atomic E-state index is 11.5. The summed E-state index contributed by atoms with van der Waals surface area (Å²) in [6, 6.07) is 14.5. The predicted molar refractivity (Wildman–Crippen MR) is 156 cm³/mol. The molecular formula is C27H26N8O8. The fourth-order valence-electron chi connectivity index (χ4n) is 3.41. The minimum absolute atomic E-state index is 0.0492. The average Bonchev–Trinajstić information content (AvgIpc) is 3.01. The first-order valence-corrected chi connectivity index (χ1v) is 12.3. The second kappa shape index (κ2) is 14.4. The minimum atomic E-state index is -0.593. The molecule has 0 saturated carbocycles. The quantitative estimate of drug-likeness (QED) is 0.124. The third-order valence-electron chi connectivity index (χ3n) is 5.49. The van der Waals surface area contributed by atoms with E-state index in [4.69, 9.17) is 15.2 Å². The highest BCUT2D eigenvalue weighted by Gasteiger charge is 2.16. The Balaban J connectivity index is 0.000000236. The van der Waals surface area contributed by atoms with Crippen molar-refractivity contribution < 1.29 is 28.9 Å². The van der Waals surface area contributed by atoms with Gasteiger partial charge in [-0.05, 0) is 36.4 Å². The van der Waals surface area contributed by atoms with Gasteiger partial charge in [0.05, 0.1) is 22.0 Å². The van der Waals surface area contributed by atoms with Crippen LogP contribution in [0.3, 0.4) is 0 Å². The highest BCUT2D eigenvalue weighted by molar-refractivity contribution is 5.92. The number of aromatic nitrogens is 2. The molecule has 16 heteroatoms. The van der Waals surface area contributed by atoms with E-state index in [1.165, 1.54) is 69.0 Å². The van der Waals surface area contributed by atoms with E-state index in [1.54, 1.807) is 25.2 Å². The lowest BCUT2D eigenvalue weighted by Crippen LogP contribution is -2.18. The maximum atomic E-state index is 11.5. The van der Waals surface area contributed by atoms with Crippen molar-refractivity contribution in [2.45, 2.75) is 0 Å². The van der Waals surface area contributed by atoms with Crippen LogP contribution in [-0.2, 0) is 0 Å². The van der Waals surface area contributed by atoms with Crippen LogP contribution in [0.25, 0.3) is 0 Å². The normalized spacial score (nSPS) is 9.93. The fourth-order valence-corrected chi connectivity index (χ4v) is 3.41. The Morgan fingerprint density at radius 1 is 0.698 bits per heavy atom. The van der Waals surface area contributed by atoms with Crippen LogP contribution in [-0.4, -0.2) is 52.8 Å². The number of nitro groups is 2. The summed E-state index contributed by atoms with van der Waals surface area (Å²) >= 11 is 0. The SMILES string of the molecule is CNC(=O)c1cc(Oc2ccc(N)c([N+](=O)[O-])c2)ccn1.CNC(=O)c1cc(Oc2ccc(NC)c([N+](=O)[O-])c2)ccn1. The van der Waals surface area contributed by atoms with E-state index in [2.05, 4.69) is 25.9 Å². The zero-order chi connectivity index (χ0) is 31.5. The average molecular weight is 591 g/mol. The summed E-state index contributed by atoms with van der Waals surface area (Å²) in [4.78, 5) is 51.5. The van der Waals surface area contributed by atoms with Gasteiger partial charge >= 0.3 is 0 Å². The summed E-state index contributed by atoms with van der Waals surface area (Å²) in [6.45, 7) is 0. The van der Waals surface area contributed by atoms with Crippen molar-refractivity contribution in [3.05, 3.63) is 105 Å². The van der Waals surface area contributed by atoms with Crippen molar-refractivity contribution in [3.8, 4) is 23.0 Å². The molecule has 0 radical (unpaired) electrons. The Kier molecular flexibility index (Phi) is 10.4. The van der Waals surface area contributed by atoms with Crippen LogP contribution in [0.4, 0.5) is 22.7 Å². The van der Waals surface area contributed by atoms with Crippen molar-refractivity contribution in [2.75, 3.05) is 32.2 Å². The van der Waals surface area contributed by atoms with E-state index in [9.17, 15) is 29.8 Å². The molecule has 0 aliphatic carbocycles. The number of nitrogen functional groups attached to an aromatic ring is 1. The van der Waals surface area contributed by atoms with Gasteiger partial charge in [-0.15, -0.1) is 0 Å². The summed E-state index contributed by atoms with van der Waals surface area (Å²) in [7, 11) is 4.58. The van der Waals surface area contributed by atoms with Crippen molar-refractivity contribution >= 4 is 34.6 Å². The Hall–Kier alpha value is -6.32. The van der Waals surface area contributed by atoms with Gasteiger partial charge in [-0.3, -0.25) is 39.8 Å². The molecule has 0 fully saturated rings. The standard InChI is InChI=1S/C14H14N4O4.C13H12N4O4/c1-15-11-4-3-9(8-13(11)18(20)21)22-10-5-6-17-12(7-10)14(19)16-2;1-15-13(18)11-6-9(4-5-16-11)21-8-2-3-10(14)12(7-8)17(19)20/h3-8,15H,1-2H3,(H,16,19);2-7H,14H2,1H3,(H,15,18). The molecule has 2 amide bonds. The van der Waals surface area contributed by atoms with Crippen molar-refractivity contribution in [2.24, 2.45) is 0 Å². The number of carbonyl (C=O) groups excluding carboxylic acids is 2. The Labute approximate surface area is 244 Å². The molecule has 4 rings (SSSR count). The van der Waals surface area contributed by atoms with Gasteiger partial charge < -0.3 is 31.2 Å². The molecule has 0 spiro atoms. The molecule has 4 aromatic rings. The molecule has 2 aromatic carbocycles. The van der Waals surface area contributed by atoms with Gasteiger partial charge in [0, 0.05) is 45.7 Å². The third-order valence-corrected chi connectivity index (χ3v) is 5.49. The minimum Gasteiger partial charge on any atom is -0.457 e. The highest BCUT2D eigenvalue weighted by atomic mass is 16.6. The Morgan fingerprint density at radius 2 is 1.14 bits per heavy atom. The lowest BCUT2D eigenvalue weighted by molar-refractivity contribution is -0.384. The molecule has 0 saturated heterocycles. The number of carbonyl (C=O) groups is 2. The van der Waals surface area contributed by atoms with Crippen LogP contribution in [0.1, 0.15) is 21.0 Å². The number of pyridine rings is 2. The van der Waals surface area contributed by atoms with E-state index in [0.717, 1.165) is 0 Å². The number of nitrogens with zero attached hydrogens (tertiary/aromatic N) is 4. The smallest absolute Gasteiger partial charge is 0.296 e. The molecule has 0 atom stereocenters. The number of rotatable bonds is 9. The molecule has 222 valence electrons. The van der Waals surface area contributed by atoms with Crippen molar-refractivity contribution in [3.63, 3.8) is 0 Å². The zero-order valence-corrected chi connectivity index (χ0v) is 23.1. The molecular weight excluding hydrogens is 564 g/mol. The van der Waals surface area contributed by atoms with E-state index in [-0.39, 0.29) is 46.0 Å². The zero-order valence-electron chi connectivity index (χ0n) is 23.1. The largest absolute Gasteiger partial charge is 0.457 e. The first-order valence-electron chi connectivity index (χ1n) is 12.3. The topological polar surface area (TPSA) is 227 Å². The molecule has 5 N–H and O–H groups in total. The fraction of sp³-hybridized carbons (Fsp3) is 0.111. The molecule has 2 aromatic heterocycles. The lowest BCUT2D eigenvalue weighted by Gasteiger charge is -2.08. The summed E-state index contributed by atoms with van der Waals surface area (Å²) < 4.78 is 11.0. The van der Waals surface area contributed by atoms with Gasteiger partial charge in [0.2, 0.25) is 0 Å². The highest BCUT2D eigenvalue weighted by Crippen LogP contribution is 2.32. The van der Waals surface area contributed by atoms with Crippen molar-refractivity contribution in [1.29, 1.82) is 0 Å². The molecule has 0 bridgehead atoms. The number of hydrogen-bond acceptors (Lipinski definition) is 12. The third kappa shape index (κ3) is 8.34. The number of hydrogen-bond donors (Lipinski definition) is 4. The van der Waals surface area contributed by atoms with E-state index < -0.39 is 9.85 Å². The first-order chi connectivity index (χ1) is 20.6. The Morgan fingerprint density at radius 3 is 1.58 bits per heavy atom. The summed E-state index contributed by atoms with van der Waals surface area (Å²) in [5.74, 6) is 0.526. The van der Waals surface area contributed by atoms with Gasteiger partial charge in [-0.1, -0.05) is 0 Å². The molecule has 0 aliphatic rings. The first kappa shape index (κ1) is 31.2. The van der Waals surface area contributed by atoms with E-state index >= 15 is 0 Å². The van der Waals surface area contributed by atoms with Gasteiger partial charge in [0.25, 0.3) is 23.2 Å². The van der Waals surface area contributed by atoms with Crippen LogP contribution < -0.4 is 31.2 Å². The van der Waals surface area contributed by atoms with Crippen molar-refractivity contribution in [1.82, 2.24) is 20.6 Å². The monoisotopic (exact) mass is 590 g/mol. The molecule has 16 nitrogen and oxygen atoms in total. The van der Waals surface area contributed by atoms with Crippen LogP contribution in [0, 0.1) is 20.2 Å². The molecule has 0 unspecified atom stereocenters. The van der Waals surface area contributed by atoms with Gasteiger partial charge in [-0.25, -0.2) is 0 Å². The van der Waals surface area contributed by atoms with E-state index in [0.29, 0.717) is 22.9 Å². The van der Waals surface area contributed by atoms with Crippen LogP contribution in [0.2, 0.25) is 0 Å².